The van der Waals surface area contributed by atoms with Gasteiger partial charge in [0.1, 0.15) is 0 Å². The fraction of sp³-hybridized carbons (Fsp3) is 0.333. The molecule has 0 saturated heterocycles. The van der Waals surface area contributed by atoms with Crippen molar-refractivity contribution in [1.82, 2.24) is 5.32 Å². The monoisotopic (exact) mass is 388 g/mol. The third kappa shape index (κ3) is 6.38. The van der Waals surface area contributed by atoms with Gasteiger partial charge in [0.05, 0.1) is 7.05 Å². The fourth-order valence-corrected chi connectivity index (χ4v) is 3.27. The van der Waals surface area contributed by atoms with E-state index in [1.807, 2.05) is 58.2 Å². The van der Waals surface area contributed by atoms with Crippen LogP contribution in [-0.4, -0.2) is 32.0 Å². The molecule has 6 heteroatoms. The molecular weight excluding hydrogens is 362 g/mol. The molecule has 3 N–H and O–H groups in total. The summed E-state index contributed by atoms with van der Waals surface area (Å²) in [7, 11) is 1.82. The molecule has 0 fully saturated rings. The molecule has 144 valence electrons. The number of anilines is 1. The number of amides is 2. The van der Waals surface area contributed by atoms with Crippen LogP contribution in [0.3, 0.4) is 0 Å². The normalized spacial score (nSPS) is 11.7. The van der Waals surface area contributed by atoms with E-state index in [-0.39, 0.29) is 24.9 Å². The first-order chi connectivity index (χ1) is 12.8. The Kier molecular flexibility index (Phi) is 7.39. The maximum absolute atomic E-state index is 12.3. The van der Waals surface area contributed by atoms with Gasteiger partial charge in [-0.3, -0.25) is 9.59 Å². The van der Waals surface area contributed by atoms with E-state index in [2.05, 4.69) is 10.6 Å². The largest absolute Gasteiger partial charge is 0.347 e. The van der Waals surface area contributed by atoms with E-state index in [9.17, 15) is 9.59 Å². The number of halogens is 1. The summed E-state index contributed by atoms with van der Waals surface area (Å²) in [6, 6.07) is 11.5. The molecule has 0 radical (unpaired) electrons. The lowest BCUT2D eigenvalue weighted by Crippen LogP contribution is -3.11. The Morgan fingerprint density at radius 3 is 2.22 bits per heavy atom. The van der Waals surface area contributed by atoms with Crippen LogP contribution in [0.5, 0.6) is 0 Å². The van der Waals surface area contributed by atoms with Crippen LogP contribution in [0.25, 0.3) is 0 Å². The van der Waals surface area contributed by atoms with Crippen LogP contribution >= 0.6 is 11.6 Å². The average molecular weight is 389 g/mol. The van der Waals surface area contributed by atoms with Gasteiger partial charge in [-0.15, -0.1) is 0 Å². The Morgan fingerprint density at radius 2 is 1.59 bits per heavy atom. The molecule has 0 spiro atoms. The Morgan fingerprint density at radius 1 is 1.00 bits per heavy atom. The molecule has 0 bridgehead atoms. The minimum absolute atomic E-state index is 0.110. The van der Waals surface area contributed by atoms with Crippen molar-refractivity contribution in [1.29, 1.82) is 0 Å². The Hall–Kier alpha value is -2.37. The molecule has 0 aliphatic rings. The smallest absolute Gasteiger partial charge is 0.279 e. The van der Waals surface area contributed by atoms with Gasteiger partial charge in [0.2, 0.25) is 0 Å². The Bertz CT molecular complexity index is 813. The molecule has 0 aliphatic heterocycles. The summed E-state index contributed by atoms with van der Waals surface area (Å²) in [5.41, 5.74) is 4.96. The van der Waals surface area contributed by atoms with Crippen molar-refractivity contribution in [2.24, 2.45) is 0 Å². The first-order valence-electron chi connectivity index (χ1n) is 8.95. The lowest BCUT2D eigenvalue weighted by atomic mass is 10.1. The van der Waals surface area contributed by atoms with Crippen LogP contribution in [0.2, 0.25) is 5.02 Å². The zero-order valence-corrected chi connectivity index (χ0v) is 17.0. The number of aryl methyl sites for hydroxylation is 3. The predicted octanol–water partition coefficient (Wildman–Crippen LogP) is 2.03. The quantitative estimate of drug-likeness (QED) is 0.679. The topological polar surface area (TPSA) is 62.6 Å². The van der Waals surface area contributed by atoms with Crippen molar-refractivity contribution in [3.8, 4) is 0 Å². The Labute approximate surface area is 165 Å². The molecule has 0 aliphatic carbocycles. The van der Waals surface area contributed by atoms with Crippen molar-refractivity contribution in [3.63, 3.8) is 0 Å². The molecule has 0 heterocycles. The number of hydrogen-bond donors (Lipinski definition) is 3. The summed E-state index contributed by atoms with van der Waals surface area (Å²) in [5, 5.41) is 6.44. The van der Waals surface area contributed by atoms with Crippen molar-refractivity contribution < 1.29 is 14.5 Å². The van der Waals surface area contributed by atoms with Gasteiger partial charge in [-0.05, 0) is 43.5 Å². The zero-order chi connectivity index (χ0) is 20.0. The second-order valence-electron chi connectivity index (χ2n) is 7.00. The molecule has 2 aromatic rings. The maximum atomic E-state index is 12.3. The standard InChI is InChI=1S/C21H26ClN3O2/c1-14-9-15(2)21(16(3)10-14)24-20(27)13-25(4)12-19(26)23-11-17-7-5-6-8-18(17)22/h5-10H,11-13H2,1-4H3,(H,23,26)(H,24,27)/p+1. The highest BCUT2D eigenvalue weighted by molar-refractivity contribution is 6.31. The molecule has 0 aromatic heterocycles. The predicted molar refractivity (Wildman–Crippen MR) is 109 cm³/mol. The van der Waals surface area contributed by atoms with E-state index in [4.69, 9.17) is 11.6 Å². The molecule has 2 rings (SSSR count). The average Bonchev–Trinajstić information content (AvgIpc) is 2.57. The molecule has 27 heavy (non-hydrogen) atoms. The molecular formula is C21H27ClN3O2+. The van der Waals surface area contributed by atoms with Crippen molar-refractivity contribution in [2.75, 3.05) is 25.5 Å². The summed E-state index contributed by atoms with van der Waals surface area (Å²) >= 11 is 6.09. The van der Waals surface area contributed by atoms with Crippen LogP contribution in [0.1, 0.15) is 22.3 Å². The minimum Gasteiger partial charge on any atom is -0.347 e. The molecule has 2 amide bonds. The number of nitrogens with one attached hydrogen (secondary N) is 3. The maximum Gasteiger partial charge on any atom is 0.279 e. The lowest BCUT2D eigenvalue weighted by molar-refractivity contribution is -0.862. The summed E-state index contributed by atoms with van der Waals surface area (Å²) in [5.74, 6) is -0.232. The third-order valence-electron chi connectivity index (χ3n) is 4.30. The number of likely N-dealkylation sites (N-methyl/N-ethyl adjacent to an activating group) is 1. The molecule has 1 atom stereocenters. The van der Waals surface area contributed by atoms with Crippen molar-refractivity contribution >= 4 is 29.1 Å². The van der Waals surface area contributed by atoms with Gasteiger partial charge in [0.25, 0.3) is 11.8 Å². The van der Waals surface area contributed by atoms with Crippen LogP contribution < -0.4 is 15.5 Å². The number of quaternary nitrogens is 1. The second-order valence-corrected chi connectivity index (χ2v) is 7.41. The number of hydrogen-bond acceptors (Lipinski definition) is 2. The third-order valence-corrected chi connectivity index (χ3v) is 4.67. The SMILES string of the molecule is Cc1cc(C)c(NC(=O)C[NH+](C)CC(=O)NCc2ccccc2Cl)c(C)c1. The number of rotatable bonds is 7. The van der Waals surface area contributed by atoms with Crippen molar-refractivity contribution in [3.05, 3.63) is 63.7 Å². The van der Waals surface area contributed by atoms with Crippen LogP contribution in [0.4, 0.5) is 5.69 Å². The van der Waals surface area contributed by atoms with E-state index in [0.29, 0.717) is 11.6 Å². The van der Waals surface area contributed by atoms with E-state index in [1.165, 1.54) is 5.56 Å². The van der Waals surface area contributed by atoms with Gasteiger partial charge in [-0.25, -0.2) is 0 Å². The highest BCUT2D eigenvalue weighted by atomic mass is 35.5. The summed E-state index contributed by atoms with van der Waals surface area (Å²) < 4.78 is 0. The van der Waals surface area contributed by atoms with E-state index in [0.717, 1.165) is 27.3 Å². The minimum atomic E-state index is -0.122. The molecule has 2 aromatic carbocycles. The highest BCUT2D eigenvalue weighted by Gasteiger charge is 2.16. The summed E-state index contributed by atoms with van der Waals surface area (Å²) in [4.78, 5) is 25.3. The molecule has 0 saturated carbocycles. The number of carbonyl (C=O) groups excluding carboxylic acids is 2. The highest BCUT2D eigenvalue weighted by Crippen LogP contribution is 2.21. The molecule has 1 unspecified atom stereocenters. The Balaban J connectivity index is 1.82. The number of benzene rings is 2. The van der Waals surface area contributed by atoms with E-state index in [1.54, 1.807) is 6.07 Å². The first-order valence-corrected chi connectivity index (χ1v) is 9.33. The summed E-state index contributed by atoms with van der Waals surface area (Å²) in [6.07, 6.45) is 0. The van der Waals surface area contributed by atoms with E-state index >= 15 is 0 Å². The fourth-order valence-electron chi connectivity index (χ4n) is 3.07. The van der Waals surface area contributed by atoms with E-state index < -0.39 is 0 Å². The van der Waals surface area contributed by atoms with Gasteiger partial charge in [0.15, 0.2) is 13.1 Å². The van der Waals surface area contributed by atoms with Gasteiger partial charge in [0, 0.05) is 17.3 Å². The number of carbonyl (C=O) groups is 2. The van der Waals surface area contributed by atoms with Crippen molar-refractivity contribution in [2.45, 2.75) is 27.3 Å². The molecule has 5 nitrogen and oxygen atoms in total. The van der Waals surface area contributed by atoms with Gasteiger partial charge >= 0.3 is 0 Å². The van der Waals surface area contributed by atoms with Gasteiger partial charge in [-0.2, -0.15) is 0 Å². The first kappa shape index (κ1) is 20.9. The summed E-state index contributed by atoms with van der Waals surface area (Å²) in [6.45, 7) is 6.79. The second kappa shape index (κ2) is 9.53. The van der Waals surface area contributed by atoms with Crippen LogP contribution in [-0.2, 0) is 16.1 Å². The van der Waals surface area contributed by atoms with Gasteiger partial charge < -0.3 is 15.5 Å². The van der Waals surface area contributed by atoms with Crippen LogP contribution in [0.15, 0.2) is 36.4 Å². The zero-order valence-electron chi connectivity index (χ0n) is 16.3. The van der Waals surface area contributed by atoms with Crippen LogP contribution in [0, 0.1) is 20.8 Å². The lowest BCUT2D eigenvalue weighted by Gasteiger charge is -2.16. The van der Waals surface area contributed by atoms with Gasteiger partial charge in [-0.1, -0.05) is 47.5 Å².